The van der Waals surface area contributed by atoms with E-state index in [-0.39, 0.29) is 0 Å². The molecule has 0 unspecified atom stereocenters. The summed E-state index contributed by atoms with van der Waals surface area (Å²) >= 11 is 0. The lowest BCUT2D eigenvalue weighted by Gasteiger charge is -2.14. The van der Waals surface area contributed by atoms with Gasteiger partial charge >= 0.3 is 6.09 Å². The molecule has 0 fully saturated rings. The van der Waals surface area contributed by atoms with Gasteiger partial charge in [-0.3, -0.25) is 4.90 Å². The van der Waals surface area contributed by atoms with Gasteiger partial charge in [-0.1, -0.05) is 44.6 Å². The highest BCUT2D eigenvalue weighted by atomic mass is 16.4. The largest absolute Gasteiger partial charge is 0.465 e. The van der Waals surface area contributed by atoms with E-state index in [2.05, 4.69) is 6.92 Å². The molecule has 0 radical (unpaired) electrons. The molecule has 3 heteroatoms. The van der Waals surface area contributed by atoms with E-state index in [1.54, 1.807) is 6.20 Å². The van der Waals surface area contributed by atoms with Gasteiger partial charge in [0.15, 0.2) is 0 Å². The second-order valence-corrected chi connectivity index (χ2v) is 4.45. The monoisotopic (exact) mass is 227 g/mol. The maximum absolute atomic E-state index is 10.9. The second kappa shape index (κ2) is 9.25. The Labute approximate surface area is 99.1 Å². The summed E-state index contributed by atoms with van der Waals surface area (Å²) in [5.41, 5.74) is 1.02. The first-order chi connectivity index (χ1) is 7.57. The van der Waals surface area contributed by atoms with Crippen LogP contribution in [-0.2, 0) is 0 Å². The summed E-state index contributed by atoms with van der Waals surface area (Å²) in [6.07, 6.45) is 7.96. The van der Waals surface area contributed by atoms with E-state index in [9.17, 15) is 4.79 Å². The van der Waals surface area contributed by atoms with Crippen LogP contribution in [0.3, 0.4) is 0 Å². The number of carboxylic acid groups (broad SMARTS) is 1. The van der Waals surface area contributed by atoms with Gasteiger partial charge < -0.3 is 5.11 Å². The number of amides is 1. The van der Waals surface area contributed by atoms with Crippen molar-refractivity contribution >= 4 is 6.09 Å². The summed E-state index contributed by atoms with van der Waals surface area (Å²) in [4.78, 5) is 12.3. The summed E-state index contributed by atoms with van der Waals surface area (Å²) < 4.78 is 0. The van der Waals surface area contributed by atoms with Crippen molar-refractivity contribution in [2.24, 2.45) is 0 Å². The lowest BCUT2D eigenvalue weighted by Crippen LogP contribution is -2.25. The average molecular weight is 227 g/mol. The molecule has 0 aliphatic heterocycles. The van der Waals surface area contributed by atoms with Crippen LogP contribution in [0.25, 0.3) is 0 Å². The predicted octanol–water partition coefficient (Wildman–Crippen LogP) is 4.25. The number of carbonyl (C=O) groups is 1. The average Bonchev–Trinajstić information content (AvgIpc) is 2.20. The molecule has 1 N–H and O–H groups in total. The highest BCUT2D eigenvalue weighted by Gasteiger charge is 2.07. The Morgan fingerprint density at radius 2 is 1.69 bits per heavy atom. The molecule has 0 aromatic carbocycles. The molecule has 0 aliphatic carbocycles. The van der Waals surface area contributed by atoms with Crippen molar-refractivity contribution in [3.05, 3.63) is 11.8 Å². The Bertz CT molecular complexity index is 220. The molecule has 3 nitrogen and oxygen atoms in total. The standard InChI is InChI=1S/C13H25NO2/c1-4-5-6-7-8-9-10-14(13(15)16)11-12(2)3/h11H,4-10H2,1-3H3,(H,15,16). The molecule has 0 aliphatic rings. The third kappa shape index (κ3) is 8.33. The third-order valence-electron chi connectivity index (χ3n) is 2.41. The van der Waals surface area contributed by atoms with Crippen molar-refractivity contribution in [3.63, 3.8) is 0 Å². The van der Waals surface area contributed by atoms with E-state index in [0.29, 0.717) is 6.54 Å². The van der Waals surface area contributed by atoms with Gasteiger partial charge in [-0.2, -0.15) is 0 Å². The number of allylic oxidation sites excluding steroid dienone is 1. The topological polar surface area (TPSA) is 40.5 Å². The number of hydrogen-bond donors (Lipinski definition) is 1. The molecule has 16 heavy (non-hydrogen) atoms. The molecule has 0 atom stereocenters. The van der Waals surface area contributed by atoms with Gasteiger partial charge in [0.05, 0.1) is 0 Å². The van der Waals surface area contributed by atoms with Gasteiger partial charge in [-0.15, -0.1) is 0 Å². The van der Waals surface area contributed by atoms with Crippen LogP contribution in [0.5, 0.6) is 0 Å². The van der Waals surface area contributed by atoms with Gasteiger partial charge in [-0.05, 0) is 20.3 Å². The summed E-state index contributed by atoms with van der Waals surface area (Å²) in [5.74, 6) is 0. The fourth-order valence-electron chi connectivity index (χ4n) is 1.59. The number of rotatable bonds is 8. The zero-order valence-corrected chi connectivity index (χ0v) is 10.8. The fraction of sp³-hybridized carbons (Fsp3) is 0.769. The van der Waals surface area contributed by atoms with Crippen molar-refractivity contribution in [1.82, 2.24) is 4.90 Å². The maximum atomic E-state index is 10.9. The van der Waals surface area contributed by atoms with Crippen molar-refractivity contribution in [2.45, 2.75) is 59.3 Å². The van der Waals surface area contributed by atoms with Crippen molar-refractivity contribution in [2.75, 3.05) is 6.54 Å². The molecule has 0 spiro atoms. The van der Waals surface area contributed by atoms with E-state index in [1.807, 2.05) is 13.8 Å². The van der Waals surface area contributed by atoms with Crippen LogP contribution < -0.4 is 0 Å². The van der Waals surface area contributed by atoms with Gasteiger partial charge in [0.25, 0.3) is 0 Å². The minimum Gasteiger partial charge on any atom is -0.465 e. The predicted molar refractivity (Wildman–Crippen MR) is 67.5 cm³/mol. The van der Waals surface area contributed by atoms with Crippen LogP contribution in [0.2, 0.25) is 0 Å². The molecule has 0 saturated heterocycles. The highest BCUT2D eigenvalue weighted by Crippen LogP contribution is 2.07. The first kappa shape index (κ1) is 15.0. The molecule has 0 heterocycles. The van der Waals surface area contributed by atoms with E-state index in [1.165, 1.54) is 30.6 Å². The number of hydrogen-bond acceptors (Lipinski definition) is 1. The van der Waals surface area contributed by atoms with Gasteiger partial charge in [-0.25, -0.2) is 4.79 Å². The SMILES string of the molecule is CCCCCCCCN(C=C(C)C)C(=O)O. The minimum absolute atomic E-state index is 0.618. The van der Waals surface area contributed by atoms with Gasteiger partial charge in [0, 0.05) is 12.7 Å². The number of unbranched alkanes of at least 4 members (excludes halogenated alkanes) is 5. The van der Waals surface area contributed by atoms with Crippen molar-refractivity contribution < 1.29 is 9.90 Å². The van der Waals surface area contributed by atoms with Crippen LogP contribution in [0.1, 0.15) is 59.3 Å². The van der Waals surface area contributed by atoms with E-state index < -0.39 is 6.09 Å². The van der Waals surface area contributed by atoms with Crippen LogP contribution in [-0.4, -0.2) is 22.6 Å². The molecule has 0 aromatic heterocycles. The molecule has 1 amide bonds. The first-order valence-electron chi connectivity index (χ1n) is 6.22. The van der Waals surface area contributed by atoms with E-state index in [0.717, 1.165) is 18.4 Å². The number of nitrogens with zero attached hydrogens (tertiary/aromatic N) is 1. The smallest absolute Gasteiger partial charge is 0.411 e. The highest BCUT2D eigenvalue weighted by molar-refractivity contribution is 5.66. The third-order valence-corrected chi connectivity index (χ3v) is 2.41. The quantitative estimate of drug-likeness (QED) is 0.630. The van der Waals surface area contributed by atoms with Gasteiger partial charge in [0.1, 0.15) is 0 Å². The first-order valence-corrected chi connectivity index (χ1v) is 6.22. The van der Waals surface area contributed by atoms with E-state index in [4.69, 9.17) is 5.11 Å². The second-order valence-electron chi connectivity index (χ2n) is 4.45. The van der Waals surface area contributed by atoms with Crippen LogP contribution in [0.4, 0.5) is 4.79 Å². The Hall–Kier alpha value is -0.990. The van der Waals surface area contributed by atoms with Crippen molar-refractivity contribution in [1.29, 1.82) is 0 Å². The lowest BCUT2D eigenvalue weighted by atomic mass is 10.1. The Morgan fingerprint density at radius 1 is 1.12 bits per heavy atom. The fourth-order valence-corrected chi connectivity index (χ4v) is 1.59. The Kier molecular flexibility index (Phi) is 8.68. The zero-order chi connectivity index (χ0) is 12.4. The van der Waals surface area contributed by atoms with Gasteiger partial charge in [0.2, 0.25) is 0 Å². The molecule has 94 valence electrons. The summed E-state index contributed by atoms with van der Waals surface area (Å²) in [7, 11) is 0. The summed E-state index contributed by atoms with van der Waals surface area (Å²) in [5, 5.41) is 8.94. The molecule has 0 aromatic rings. The molecule has 0 rings (SSSR count). The summed E-state index contributed by atoms with van der Waals surface area (Å²) in [6, 6.07) is 0. The maximum Gasteiger partial charge on any atom is 0.411 e. The Balaban J connectivity index is 3.70. The van der Waals surface area contributed by atoms with Crippen LogP contribution in [0, 0.1) is 0 Å². The normalized spacial score (nSPS) is 9.94. The Morgan fingerprint density at radius 3 is 2.19 bits per heavy atom. The molecular formula is C13H25NO2. The summed E-state index contributed by atoms with van der Waals surface area (Å²) in [6.45, 7) is 6.64. The van der Waals surface area contributed by atoms with E-state index >= 15 is 0 Å². The lowest BCUT2D eigenvalue weighted by molar-refractivity contribution is 0.162. The molecule has 0 saturated carbocycles. The van der Waals surface area contributed by atoms with Crippen LogP contribution >= 0.6 is 0 Å². The minimum atomic E-state index is -0.852. The van der Waals surface area contributed by atoms with Crippen molar-refractivity contribution in [3.8, 4) is 0 Å². The zero-order valence-electron chi connectivity index (χ0n) is 10.8. The molecule has 0 bridgehead atoms. The molecular weight excluding hydrogens is 202 g/mol. The van der Waals surface area contributed by atoms with Crippen LogP contribution in [0.15, 0.2) is 11.8 Å².